The Bertz CT molecular complexity index is 1460. The summed E-state index contributed by atoms with van der Waals surface area (Å²) >= 11 is 6.17. The first-order valence-electron chi connectivity index (χ1n) is 14.3. The normalized spacial score (nSPS) is 23.9. The number of carbonyl (C=O) groups excluding carboxylic acids is 2. The van der Waals surface area contributed by atoms with Gasteiger partial charge in [0.2, 0.25) is 11.8 Å². The van der Waals surface area contributed by atoms with E-state index in [0.29, 0.717) is 61.3 Å². The van der Waals surface area contributed by atoms with Crippen LogP contribution in [0.5, 0.6) is 0 Å². The van der Waals surface area contributed by atoms with Gasteiger partial charge < -0.3 is 4.90 Å². The second kappa shape index (κ2) is 11.3. The lowest BCUT2D eigenvalue weighted by atomic mass is 9.76. The van der Waals surface area contributed by atoms with Gasteiger partial charge in [-0.25, -0.2) is 4.90 Å². The molecule has 41 heavy (non-hydrogen) atoms. The molecule has 1 saturated carbocycles. The Morgan fingerprint density at radius 2 is 1.51 bits per heavy atom. The minimum absolute atomic E-state index is 0.0337. The highest BCUT2D eigenvalue weighted by molar-refractivity contribution is 6.30. The number of anilines is 2. The number of nitro groups is 1. The number of rotatable bonds is 6. The predicted molar refractivity (Wildman–Crippen MR) is 159 cm³/mol. The molecular formula is C32H33ClN4O4. The van der Waals surface area contributed by atoms with E-state index in [4.69, 9.17) is 11.6 Å². The highest BCUT2D eigenvalue weighted by Gasteiger charge is 2.50. The molecule has 4 atom stereocenters. The van der Waals surface area contributed by atoms with Crippen LogP contribution in [0, 0.1) is 27.9 Å². The fourth-order valence-corrected chi connectivity index (χ4v) is 6.95. The summed E-state index contributed by atoms with van der Waals surface area (Å²) in [6.45, 7) is 4.70. The zero-order chi connectivity index (χ0) is 28.7. The van der Waals surface area contributed by atoms with Crippen molar-refractivity contribution in [3.8, 4) is 0 Å². The largest absolute Gasteiger partial charge is 0.363 e. The summed E-state index contributed by atoms with van der Waals surface area (Å²) < 4.78 is 0. The minimum atomic E-state index is -0.411. The van der Waals surface area contributed by atoms with E-state index < -0.39 is 4.92 Å². The summed E-state index contributed by atoms with van der Waals surface area (Å²) in [4.78, 5) is 43.8. The fourth-order valence-electron chi connectivity index (χ4n) is 6.82. The number of halogens is 1. The highest BCUT2D eigenvalue weighted by atomic mass is 35.5. The zero-order valence-corrected chi connectivity index (χ0v) is 23.7. The molecule has 2 saturated heterocycles. The number of imide groups is 1. The Morgan fingerprint density at radius 1 is 0.854 bits per heavy atom. The first-order chi connectivity index (χ1) is 19.8. The van der Waals surface area contributed by atoms with Crippen LogP contribution in [0.3, 0.4) is 0 Å². The molecule has 2 heterocycles. The second-order valence-electron chi connectivity index (χ2n) is 11.5. The number of piperazine rings is 1. The van der Waals surface area contributed by atoms with Gasteiger partial charge in [-0.3, -0.25) is 24.6 Å². The maximum Gasteiger partial charge on any atom is 0.294 e. The average molecular weight is 573 g/mol. The van der Waals surface area contributed by atoms with Crippen molar-refractivity contribution in [3.05, 3.63) is 99.1 Å². The van der Waals surface area contributed by atoms with E-state index in [1.54, 1.807) is 12.1 Å². The third-order valence-electron chi connectivity index (χ3n) is 8.92. The Kier molecular flexibility index (Phi) is 7.53. The van der Waals surface area contributed by atoms with Gasteiger partial charge >= 0.3 is 0 Å². The smallest absolute Gasteiger partial charge is 0.294 e. The first-order valence-corrected chi connectivity index (χ1v) is 14.6. The standard InChI is InChI=1S/C32H33ClN4O4/c1-21-7-13-26-27(19-21)32(39)36(31(26)38)25-12-14-28(29(20-25)37(40)41)34-15-17-35(18-16-34)30(22-5-3-2-4-6-22)23-8-10-24(33)11-9-23/h2-6,8-12,14,20-21,26-27,30H,7,13,15-19H2,1H3/t21-,26+,27-,30-/m1/s1. The maximum absolute atomic E-state index is 13.2. The van der Waals surface area contributed by atoms with E-state index in [2.05, 4.69) is 24.0 Å². The number of fused-ring (bicyclic) bond motifs is 1. The van der Waals surface area contributed by atoms with Crippen molar-refractivity contribution in [2.75, 3.05) is 36.0 Å². The van der Waals surface area contributed by atoms with Crippen molar-refractivity contribution in [2.45, 2.75) is 32.2 Å². The molecule has 3 aromatic rings. The molecule has 2 aliphatic heterocycles. The molecule has 0 N–H and O–H groups in total. The van der Waals surface area contributed by atoms with Crippen molar-refractivity contribution in [1.82, 2.24) is 4.90 Å². The van der Waals surface area contributed by atoms with Crippen molar-refractivity contribution in [2.24, 2.45) is 17.8 Å². The van der Waals surface area contributed by atoms with Crippen LogP contribution < -0.4 is 9.80 Å². The van der Waals surface area contributed by atoms with E-state index >= 15 is 0 Å². The van der Waals surface area contributed by atoms with Crippen LogP contribution in [-0.2, 0) is 9.59 Å². The van der Waals surface area contributed by atoms with Crippen LogP contribution in [0.15, 0.2) is 72.8 Å². The van der Waals surface area contributed by atoms with E-state index in [9.17, 15) is 19.7 Å². The maximum atomic E-state index is 13.2. The third-order valence-corrected chi connectivity index (χ3v) is 9.17. The minimum Gasteiger partial charge on any atom is -0.363 e. The molecule has 0 aromatic heterocycles. The number of benzene rings is 3. The number of hydrogen-bond acceptors (Lipinski definition) is 6. The van der Waals surface area contributed by atoms with Gasteiger partial charge in [0.1, 0.15) is 5.69 Å². The van der Waals surface area contributed by atoms with E-state index in [0.717, 1.165) is 12.0 Å². The lowest BCUT2D eigenvalue weighted by Crippen LogP contribution is -2.48. The van der Waals surface area contributed by atoms with Gasteiger partial charge in [0.15, 0.2) is 0 Å². The topological polar surface area (TPSA) is 87.0 Å². The van der Waals surface area contributed by atoms with Gasteiger partial charge in [0.05, 0.1) is 28.5 Å². The molecule has 9 heteroatoms. The second-order valence-corrected chi connectivity index (χ2v) is 11.9. The van der Waals surface area contributed by atoms with Gasteiger partial charge in [0, 0.05) is 37.3 Å². The lowest BCUT2D eigenvalue weighted by molar-refractivity contribution is -0.384. The summed E-state index contributed by atoms with van der Waals surface area (Å²) in [5.74, 6) is -0.697. The van der Waals surface area contributed by atoms with Crippen LogP contribution in [-0.4, -0.2) is 47.8 Å². The number of nitro benzene ring substituents is 1. The van der Waals surface area contributed by atoms with Crippen LogP contribution in [0.1, 0.15) is 43.4 Å². The lowest BCUT2D eigenvalue weighted by Gasteiger charge is -2.40. The molecule has 0 radical (unpaired) electrons. The zero-order valence-electron chi connectivity index (χ0n) is 23.0. The van der Waals surface area contributed by atoms with Gasteiger partial charge in [0.25, 0.3) is 5.69 Å². The number of hydrogen-bond donors (Lipinski definition) is 0. The predicted octanol–water partition coefficient (Wildman–Crippen LogP) is 6.09. The van der Waals surface area contributed by atoms with E-state index in [1.165, 1.54) is 16.5 Å². The molecular weight excluding hydrogens is 540 g/mol. The van der Waals surface area contributed by atoms with Crippen LogP contribution >= 0.6 is 11.6 Å². The van der Waals surface area contributed by atoms with Crippen LogP contribution in [0.25, 0.3) is 0 Å². The van der Waals surface area contributed by atoms with Crippen molar-refractivity contribution >= 4 is 40.5 Å². The Balaban J connectivity index is 1.23. The number of nitrogens with zero attached hydrogens (tertiary/aromatic N) is 4. The Hall–Kier alpha value is -3.75. The molecule has 0 bridgehead atoms. The van der Waals surface area contributed by atoms with Crippen LogP contribution in [0.4, 0.5) is 17.1 Å². The summed E-state index contributed by atoms with van der Waals surface area (Å²) in [6.07, 6.45) is 2.30. The first kappa shape index (κ1) is 27.4. The third kappa shape index (κ3) is 5.22. The fraction of sp³-hybridized carbons (Fsp3) is 0.375. The summed E-state index contributed by atoms with van der Waals surface area (Å²) in [5.41, 5.74) is 3.03. The van der Waals surface area contributed by atoms with Crippen LogP contribution in [0.2, 0.25) is 5.02 Å². The van der Waals surface area contributed by atoms with Gasteiger partial charge in [-0.1, -0.05) is 61.0 Å². The molecule has 2 amide bonds. The van der Waals surface area contributed by atoms with E-state index in [-0.39, 0.29) is 35.4 Å². The van der Waals surface area contributed by atoms with Crippen molar-refractivity contribution in [1.29, 1.82) is 0 Å². The van der Waals surface area contributed by atoms with Crippen molar-refractivity contribution < 1.29 is 14.5 Å². The molecule has 8 nitrogen and oxygen atoms in total. The monoisotopic (exact) mass is 572 g/mol. The molecule has 3 aliphatic rings. The summed E-state index contributed by atoms with van der Waals surface area (Å²) in [7, 11) is 0. The summed E-state index contributed by atoms with van der Waals surface area (Å²) in [5, 5.41) is 12.9. The molecule has 212 valence electrons. The quantitative estimate of drug-likeness (QED) is 0.202. The molecule has 1 aliphatic carbocycles. The molecule has 3 aromatic carbocycles. The van der Waals surface area contributed by atoms with E-state index in [1.807, 2.05) is 47.4 Å². The Labute approximate surface area is 244 Å². The molecule has 3 fully saturated rings. The highest BCUT2D eigenvalue weighted by Crippen LogP contribution is 2.44. The average Bonchev–Trinajstić information content (AvgIpc) is 3.23. The van der Waals surface area contributed by atoms with Crippen molar-refractivity contribution in [3.63, 3.8) is 0 Å². The van der Waals surface area contributed by atoms with Gasteiger partial charge in [-0.05, 0) is 60.6 Å². The molecule has 0 spiro atoms. The van der Waals surface area contributed by atoms with Gasteiger partial charge in [-0.2, -0.15) is 0 Å². The molecule has 6 rings (SSSR count). The Morgan fingerprint density at radius 3 is 2.20 bits per heavy atom. The van der Waals surface area contributed by atoms with Gasteiger partial charge in [-0.15, -0.1) is 0 Å². The summed E-state index contributed by atoms with van der Waals surface area (Å²) in [6, 6.07) is 23.0. The number of carbonyl (C=O) groups is 2. The molecule has 0 unspecified atom stereocenters. The number of amides is 2. The SMILES string of the molecule is C[C@@H]1CC[C@@H]2C(=O)N(c3ccc(N4CCN([C@H](c5ccccc5)c5ccc(Cl)cc5)CC4)c([N+](=O)[O-])c3)C(=O)[C@@H]2C1.